The first-order valence-electron chi connectivity index (χ1n) is 7.63. The number of thiazole rings is 1. The van der Waals surface area contributed by atoms with Crippen LogP contribution in [0, 0.1) is 0 Å². The Kier molecular flexibility index (Phi) is 4.56. The van der Waals surface area contributed by atoms with E-state index >= 15 is 0 Å². The molecule has 0 aliphatic heterocycles. The van der Waals surface area contributed by atoms with Gasteiger partial charge in [-0.15, -0.1) is 11.3 Å². The number of rotatable bonds is 4. The molecule has 1 aliphatic carbocycles. The largest absolute Gasteiger partial charge is 0.389 e. The van der Waals surface area contributed by atoms with Crippen molar-refractivity contribution in [2.75, 3.05) is 12.8 Å². The molecule has 1 heterocycles. The molecule has 112 valence electrons. The van der Waals surface area contributed by atoms with Crippen LogP contribution in [0.5, 0.6) is 0 Å². The van der Waals surface area contributed by atoms with Gasteiger partial charge in [0.25, 0.3) is 0 Å². The number of nitrogen functional groups attached to an aromatic ring is 1. The summed E-state index contributed by atoms with van der Waals surface area (Å²) in [5.41, 5.74) is 9.45. The van der Waals surface area contributed by atoms with Crippen molar-refractivity contribution in [2.24, 2.45) is 0 Å². The van der Waals surface area contributed by atoms with Crippen molar-refractivity contribution < 1.29 is 4.74 Å². The van der Waals surface area contributed by atoms with Crippen molar-refractivity contribution in [2.45, 2.75) is 44.6 Å². The Balaban J connectivity index is 1.94. The third-order valence-corrected chi connectivity index (χ3v) is 5.24. The number of aromatic nitrogens is 1. The average molecular weight is 302 g/mol. The first-order chi connectivity index (χ1) is 10.3. The quantitative estimate of drug-likeness (QED) is 0.898. The van der Waals surface area contributed by atoms with Gasteiger partial charge in [0.05, 0.1) is 11.6 Å². The summed E-state index contributed by atoms with van der Waals surface area (Å²) in [4.78, 5) is 4.88. The van der Waals surface area contributed by atoms with E-state index in [0.717, 1.165) is 21.8 Å². The predicted octanol–water partition coefficient (Wildman–Crippen LogP) is 4.59. The van der Waals surface area contributed by atoms with Crippen LogP contribution in [0.25, 0.3) is 11.3 Å². The van der Waals surface area contributed by atoms with E-state index in [2.05, 4.69) is 12.1 Å². The van der Waals surface area contributed by atoms with Gasteiger partial charge in [-0.25, -0.2) is 4.98 Å². The molecular formula is C17H22N2OS. The van der Waals surface area contributed by atoms with Crippen LogP contribution in [0.2, 0.25) is 0 Å². The van der Waals surface area contributed by atoms with E-state index in [1.807, 2.05) is 12.1 Å². The molecule has 0 bridgehead atoms. The van der Waals surface area contributed by atoms with Crippen molar-refractivity contribution in [1.29, 1.82) is 0 Å². The summed E-state index contributed by atoms with van der Waals surface area (Å²) in [7, 11) is 1.72. The average Bonchev–Trinajstić information content (AvgIpc) is 2.91. The van der Waals surface area contributed by atoms with Crippen molar-refractivity contribution in [1.82, 2.24) is 4.98 Å². The topological polar surface area (TPSA) is 48.1 Å². The Morgan fingerprint density at radius 2 is 2.00 bits per heavy atom. The van der Waals surface area contributed by atoms with Crippen LogP contribution in [0.1, 0.15) is 48.6 Å². The van der Waals surface area contributed by atoms with Crippen molar-refractivity contribution >= 4 is 16.3 Å². The zero-order valence-electron chi connectivity index (χ0n) is 12.5. The molecule has 1 aliphatic rings. The molecule has 0 amide bonds. The number of hydrogen-bond acceptors (Lipinski definition) is 4. The number of anilines is 1. The van der Waals surface area contributed by atoms with Gasteiger partial charge in [0, 0.05) is 18.6 Å². The maximum absolute atomic E-state index is 6.26. The van der Waals surface area contributed by atoms with E-state index in [9.17, 15) is 0 Å². The molecule has 1 aromatic heterocycles. The Bertz CT molecular complexity index is 603. The van der Waals surface area contributed by atoms with E-state index in [1.165, 1.54) is 37.1 Å². The van der Waals surface area contributed by atoms with Gasteiger partial charge in [-0.1, -0.05) is 43.5 Å². The number of ether oxygens (including phenoxy) is 1. The number of hydrogen-bond donors (Lipinski definition) is 1. The van der Waals surface area contributed by atoms with Crippen molar-refractivity contribution in [3.63, 3.8) is 0 Å². The van der Waals surface area contributed by atoms with E-state index < -0.39 is 0 Å². The SMILES string of the molecule is COCc1ccccc1-c1nc(C2CCCCC2)sc1N. The fourth-order valence-electron chi connectivity index (χ4n) is 3.10. The summed E-state index contributed by atoms with van der Waals surface area (Å²) in [6.45, 7) is 0.589. The highest BCUT2D eigenvalue weighted by atomic mass is 32.1. The van der Waals surface area contributed by atoms with Gasteiger partial charge in [-0.05, 0) is 18.4 Å². The molecule has 0 spiro atoms. The van der Waals surface area contributed by atoms with E-state index in [0.29, 0.717) is 12.5 Å². The van der Waals surface area contributed by atoms with Crippen molar-refractivity contribution in [3.05, 3.63) is 34.8 Å². The van der Waals surface area contributed by atoms with E-state index in [1.54, 1.807) is 18.4 Å². The summed E-state index contributed by atoms with van der Waals surface area (Å²) in [5.74, 6) is 0.606. The Labute approximate surface area is 130 Å². The summed E-state index contributed by atoms with van der Waals surface area (Å²) < 4.78 is 5.29. The first kappa shape index (κ1) is 14.5. The molecule has 1 fully saturated rings. The molecule has 1 saturated carbocycles. The van der Waals surface area contributed by atoms with Crippen LogP contribution in [0.3, 0.4) is 0 Å². The van der Waals surface area contributed by atoms with Gasteiger partial charge in [-0.2, -0.15) is 0 Å². The molecule has 0 atom stereocenters. The highest BCUT2D eigenvalue weighted by molar-refractivity contribution is 7.16. The second-order valence-corrected chi connectivity index (χ2v) is 6.75. The van der Waals surface area contributed by atoms with Gasteiger partial charge in [-0.3, -0.25) is 0 Å². The Morgan fingerprint density at radius 3 is 2.76 bits per heavy atom. The molecule has 3 nitrogen and oxygen atoms in total. The minimum atomic E-state index is 0.589. The minimum Gasteiger partial charge on any atom is -0.389 e. The molecule has 3 rings (SSSR count). The van der Waals surface area contributed by atoms with Crippen LogP contribution < -0.4 is 5.73 Å². The summed E-state index contributed by atoms with van der Waals surface area (Å²) in [6, 6.07) is 8.23. The van der Waals surface area contributed by atoms with E-state index in [4.69, 9.17) is 15.5 Å². The highest BCUT2D eigenvalue weighted by Gasteiger charge is 2.21. The van der Waals surface area contributed by atoms with Gasteiger partial charge >= 0.3 is 0 Å². The monoisotopic (exact) mass is 302 g/mol. The van der Waals surface area contributed by atoms with Crippen LogP contribution in [-0.4, -0.2) is 12.1 Å². The first-order valence-corrected chi connectivity index (χ1v) is 8.44. The highest BCUT2D eigenvalue weighted by Crippen LogP contribution is 2.40. The lowest BCUT2D eigenvalue weighted by molar-refractivity contribution is 0.185. The van der Waals surface area contributed by atoms with E-state index in [-0.39, 0.29) is 0 Å². The standard InChI is InChI=1S/C17H22N2OS/c1-20-11-13-9-5-6-10-14(13)15-16(18)21-17(19-15)12-7-3-2-4-8-12/h5-6,9-10,12H,2-4,7-8,11,18H2,1H3. The molecule has 1 aromatic carbocycles. The van der Waals surface area contributed by atoms with Gasteiger partial charge < -0.3 is 10.5 Å². The van der Waals surface area contributed by atoms with Gasteiger partial charge in [0.15, 0.2) is 0 Å². The third-order valence-electron chi connectivity index (χ3n) is 4.20. The van der Waals surface area contributed by atoms with Gasteiger partial charge in [0.1, 0.15) is 10.7 Å². The molecule has 0 radical (unpaired) electrons. The zero-order valence-corrected chi connectivity index (χ0v) is 13.3. The predicted molar refractivity (Wildman–Crippen MR) is 88.5 cm³/mol. The third kappa shape index (κ3) is 3.11. The fourth-order valence-corrected chi connectivity index (χ4v) is 4.12. The second-order valence-electron chi connectivity index (χ2n) is 5.69. The smallest absolute Gasteiger partial charge is 0.114 e. The second kappa shape index (κ2) is 6.58. The molecule has 0 saturated heterocycles. The summed E-state index contributed by atoms with van der Waals surface area (Å²) in [6.07, 6.45) is 6.51. The maximum Gasteiger partial charge on any atom is 0.114 e. The number of benzene rings is 1. The number of nitrogens with zero attached hydrogens (tertiary/aromatic N) is 1. The lowest BCUT2D eigenvalue weighted by Crippen LogP contribution is -2.04. The molecule has 2 N–H and O–H groups in total. The van der Waals surface area contributed by atoms with Crippen LogP contribution >= 0.6 is 11.3 Å². The minimum absolute atomic E-state index is 0.589. The summed E-state index contributed by atoms with van der Waals surface area (Å²) >= 11 is 1.67. The maximum atomic E-state index is 6.26. The molecule has 21 heavy (non-hydrogen) atoms. The number of nitrogens with two attached hydrogens (primary N) is 1. The van der Waals surface area contributed by atoms with Crippen LogP contribution in [-0.2, 0) is 11.3 Å². The Morgan fingerprint density at radius 1 is 1.24 bits per heavy atom. The lowest BCUT2D eigenvalue weighted by atomic mass is 9.90. The fraction of sp³-hybridized carbons (Fsp3) is 0.471. The van der Waals surface area contributed by atoms with Crippen molar-refractivity contribution in [3.8, 4) is 11.3 Å². The normalized spacial score (nSPS) is 16.2. The molecule has 0 unspecified atom stereocenters. The summed E-state index contributed by atoms with van der Waals surface area (Å²) in [5, 5.41) is 2.05. The molecular weight excluding hydrogens is 280 g/mol. The van der Waals surface area contributed by atoms with Crippen LogP contribution in [0.15, 0.2) is 24.3 Å². The number of methoxy groups -OCH3 is 1. The molecule has 2 aromatic rings. The Hall–Kier alpha value is -1.39. The molecule has 4 heteroatoms. The van der Waals surface area contributed by atoms with Crippen LogP contribution in [0.4, 0.5) is 5.00 Å². The zero-order chi connectivity index (χ0) is 14.7. The van der Waals surface area contributed by atoms with Gasteiger partial charge in [0.2, 0.25) is 0 Å². The lowest BCUT2D eigenvalue weighted by Gasteiger charge is -2.18.